The molecule has 0 unspecified atom stereocenters. The maximum atomic E-state index is 5.96. The third kappa shape index (κ3) is 2.77. The molecule has 100 valence electrons. The Morgan fingerprint density at radius 1 is 1.11 bits per heavy atom. The summed E-state index contributed by atoms with van der Waals surface area (Å²) in [7, 11) is 0. The molecule has 0 radical (unpaired) electrons. The van der Waals surface area contributed by atoms with Crippen molar-refractivity contribution >= 4 is 5.95 Å². The summed E-state index contributed by atoms with van der Waals surface area (Å²) in [6.07, 6.45) is 4.45. The van der Waals surface area contributed by atoms with Crippen LogP contribution in [0.25, 0.3) is 0 Å². The van der Waals surface area contributed by atoms with Crippen LogP contribution in [0, 0.1) is 13.8 Å². The van der Waals surface area contributed by atoms with E-state index in [1.54, 1.807) is 0 Å². The van der Waals surface area contributed by atoms with E-state index in [2.05, 4.69) is 27.0 Å². The molecule has 0 aromatic carbocycles. The van der Waals surface area contributed by atoms with Gasteiger partial charge in [-0.3, -0.25) is 0 Å². The van der Waals surface area contributed by atoms with Gasteiger partial charge >= 0.3 is 0 Å². The lowest BCUT2D eigenvalue weighted by molar-refractivity contribution is 0.374. The Bertz CT molecular complexity index is 398. The second kappa shape index (κ2) is 5.61. The first kappa shape index (κ1) is 13.2. The van der Waals surface area contributed by atoms with Gasteiger partial charge in [-0.15, -0.1) is 5.10 Å². The van der Waals surface area contributed by atoms with Crippen LogP contribution in [-0.4, -0.2) is 33.8 Å². The van der Waals surface area contributed by atoms with Gasteiger partial charge in [0, 0.05) is 18.6 Å². The molecule has 2 N–H and O–H groups in total. The maximum Gasteiger partial charge on any atom is 0.245 e. The van der Waals surface area contributed by atoms with Crippen molar-refractivity contribution in [2.75, 3.05) is 11.4 Å². The molecule has 18 heavy (non-hydrogen) atoms. The molecule has 1 aliphatic carbocycles. The molecule has 1 fully saturated rings. The average molecular weight is 249 g/mol. The van der Waals surface area contributed by atoms with Gasteiger partial charge in [0.05, 0.1) is 11.4 Å². The van der Waals surface area contributed by atoms with Crippen LogP contribution in [0.5, 0.6) is 0 Å². The van der Waals surface area contributed by atoms with Crippen LogP contribution in [0.3, 0.4) is 0 Å². The SMILES string of the molecule is CCN(c1nnc(C)c(C)n1)C1CCC(N)CC1. The van der Waals surface area contributed by atoms with Crippen LogP contribution < -0.4 is 10.6 Å². The highest BCUT2D eigenvalue weighted by Crippen LogP contribution is 2.24. The second-order valence-corrected chi connectivity index (χ2v) is 5.14. The molecule has 1 saturated carbocycles. The fraction of sp³-hybridized carbons (Fsp3) is 0.769. The van der Waals surface area contributed by atoms with E-state index < -0.39 is 0 Å². The molecule has 1 heterocycles. The Morgan fingerprint density at radius 3 is 2.33 bits per heavy atom. The Morgan fingerprint density at radius 2 is 1.78 bits per heavy atom. The number of nitrogens with zero attached hydrogens (tertiary/aromatic N) is 4. The molecule has 5 nitrogen and oxygen atoms in total. The summed E-state index contributed by atoms with van der Waals surface area (Å²) in [5.41, 5.74) is 7.83. The third-order valence-electron chi connectivity index (χ3n) is 3.86. The summed E-state index contributed by atoms with van der Waals surface area (Å²) < 4.78 is 0. The smallest absolute Gasteiger partial charge is 0.245 e. The molecule has 0 spiro atoms. The van der Waals surface area contributed by atoms with E-state index >= 15 is 0 Å². The standard InChI is InChI=1S/C13H23N5/c1-4-18(12-7-5-11(14)6-8-12)13-15-9(2)10(3)16-17-13/h11-12H,4-8,14H2,1-3H3. The van der Waals surface area contributed by atoms with E-state index in [1.165, 1.54) is 0 Å². The van der Waals surface area contributed by atoms with Crippen molar-refractivity contribution in [3.05, 3.63) is 11.4 Å². The van der Waals surface area contributed by atoms with Crippen molar-refractivity contribution in [3.63, 3.8) is 0 Å². The highest BCUT2D eigenvalue weighted by Gasteiger charge is 2.25. The lowest BCUT2D eigenvalue weighted by Crippen LogP contribution is -2.42. The minimum atomic E-state index is 0.374. The van der Waals surface area contributed by atoms with Gasteiger partial charge in [-0.2, -0.15) is 5.10 Å². The van der Waals surface area contributed by atoms with Crippen LogP contribution in [0.2, 0.25) is 0 Å². The number of rotatable bonds is 3. The molecule has 1 aromatic rings. The van der Waals surface area contributed by atoms with Crippen molar-refractivity contribution in [1.29, 1.82) is 0 Å². The zero-order valence-electron chi connectivity index (χ0n) is 11.6. The molecule has 1 aliphatic rings. The van der Waals surface area contributed by atoms with Crippen LogP contribution >= 0.6 is 0 Å². The molecular formula is C13H23N5. The number of hydrogen-bond acceptors (Lipinski definition) is 5. The van der Waals surface area contributed by atoms with E-state index in [9.17, 15) is 0 Å². The predicted molar refractivity (Wildman–Crippen MR) is 72.6 cm³/mol. The molecule has 0 amide bonds. The summed E-state index contributed by atoms with van der Waals surface area (Å²) in [5, 5.41) is 8.42. The first-order valence-electron chi connectivity index (χ1n) is 6.82. The zero-order valence-corrected chi connectivity index (χ0v) is 11.6. The van der Waals surface area contributed by atoms with Crippen LogP contribution in [0.4, 0.5) is 5.95 Å². The fourth-order valence-corrected chi connectivity index (χ4v) is 2.54. The van der Waals surface area contributed by atoms with Gasteiger partial charge in [-0.25, -0.2) is 4.98 Å². The fourth-order valence-electron chi connectivity index (χ4n) is 2.54. The van der Waals surface area contributed by atoms with Crippen molar-refractivity contribution in [1.82, 2.24) is 15.2 Å². The topological polar surface area (TPSA) is 67.9 Å². The summed E-state index contributed by atoms with van der Waals surface area (Å²) >= 11 is 0. The quantitative estimate of drug-likeness (QED) is 0.881. The summed E-state index contributed by atoms with van der Waals surface area (Å²) in [6, 6.07) is 0.887. The largest absolute Gasteiger partial charge is 0.337 e. The van der Waals surface area contributed by atoms with E-state index in [1.807, 2.05) is 13.8 Å². The van der Waals surface area contributed by atoms with Gasteiger partial charge in [0.1, 0.15) is 0 Å². The van der Waals surface area contributed by atoms with Gasteiger partial charge in [0.25, 0.3) is 0 Å². The third-order valence-corrected chi connectivity index (χ3v) is 3.86. The van der Waals surface area contributed by atoms with Crippen molar-refractivity contribution < 1.29 is 0 Å². The zero-order chi connectivity index (χ0) is 13.1. The Labute approximate surface area is 109 Å². The second-order valence-electron chi connectivity index (χ2n) is 5.14. The Balaban J connectivity index is 2.14. The highest BCUT2D eigenvalue weighted by molar-refractivity contribution is 5.31. The van der Waals surface area contributed by atoms with Gasteiger partial charge in [0.15, 0.2) is 0 Å². The molecule has 2 rings (SSSR count). The number of anilines is 1. The van der Waals surface area contributed by atoms with Crippen LogP contribution in [0.15, 0.2) is 0 Å². The normalized spacial score (nSPS) is 24.0. The van der Waals surface area contributed by atoms with Crippen LogP contribution in [0.1, 0.15) is 44.0 Å². The van der Waals surface area contributed by atoms with E-state index in [-0.39, 0.29) is 0 Å². The Kier molecular flexibility index (Phi) is 4.11. The van der Waals surface area contributed by atoms with Crippen molar-refractivity contribution in [3.8, 4) is 0 Å². The van der Waals surface area contributed by atoms with Gasteiger partial charge < -0.3 is 10.6 Å². The van der Waals surface area contributed by atoms with Crippen molar-refractivity contribution in [2.45, 2.75) is 58.5 Å². The Hall–Kier alpha value is -1.23. The molecule has 0 atom stereocenters. The molecule has 5 heteroatoms. The summed E-state index contributed by atoms with van der Waals surface area (Å²) in [5.74, 6) is 0.765. The minimum absolute atomic E-state index is 0.374. The molecule has 1 aromatic heterocycles. The van der Waals surface area contributed by atoms with E-state index in [0.717, 1.165) is 49.6 Å². The first-order chi connectivity index (χ1) is 8.61. The number of hydrogen-bond donors (Lipinski definition) is 1. The minimum Gasteiger partial charge on any atom is -0.337 e. The monoisotopic (exact) mass is 249 g/mol. The highest BCUT2D eigenvalue weighted by atomic mass is 15.3. The summed E-state index contributed by atoms with van der Waals surface area (Å²) in [4.78, 5) is 6.83. The average Bonchev–Trinajstić information content (AvgIpc) is 2.37. The molecule has 0 saturated heterocycles. The maximum absolute atomic E-state index is 5.96. The number of nitrogens with two attached hydrogens (primary N) is 1. The lowest BCUT2D eigenvalue weighted by Gasteiger charge is -2.35. The molecular weight excluding hydrogens is 226 g/mol. The lowest BCUT2D eigenvalue weighted by atomic mass is 9.91. The van der Waals surface area contributed by atoms with E-state index in [4.69, 9.17) is 5.73 Å². The van der Waals surface area contributed by atoms with Gasteiger partial charge in [-0.1, -0.05) is 0 Å². The molecule has 0 bridgehead atoms. The number of aromatic nitrogens is 3. The predicted octanol–water partition coefficient (Wildman–Crippen LogP) is 1.58. The number of aryl methyl sites for hydroxylation is 2. The first-order valence-corrected chi connectivity index (χ1v) is 6.82. The van der Waals surface area contributed by atoms with E-state index in [0.29, 0.717) is 12.1 Å². The van der Waals surface area contributed by atoms with Gasteiger partial charge in [-0.05, 0) is 46.5 Å². The molecule has 0 aliphatic heterocycles. The van der Waals surface area contributed by atoms with Crippen LogP contribution in [-0.2, 0) is 0 Å². The van der Waals surface area contributed by atoms with Crippen molar-refractivity contribution in [2.24, 2.45) is 5.73 Å². The van der Waals surface area contributed by atoms with Gasteiger partial charge in [0.2, 0.25) is 5.95 Å². The summed E-state index contributed by atoms with van der Waals surface area (Å²) in [6.45, 7) is 6.99.